The van der Waals surface area contributed by atoms with Crippen molar-refractivity contribution in [2.24, 2.45) is 5.41 Å². The second kappa shape index (κ2) is 9.41. The lowest BCUT2D eigenvalue weighted by molar-refractivity contribution is -0.140. The quantitative estimate of drug-likeness (QED) is 0.624. The Labute approximate surface area is 169 Å². The molecule has 1 aromatic carbocycles. The van der Waals surface area contributed by atoms with E-state index < -0.39 is 11.4 Å². The molecule has 1 fully saturated rings. The molecule has 2 aromatic rings. The van der Waals surface area contributed by atoms with Crippen molar-refractivity contribution in [3.63, 3.8) is 0 Å². The predicted molar refractivity (Wildman–Crippen MR) is 107 cm³/mol. The van der Waals surface area contributed by atoms with Crippen LogP contribution in [0.3, 0.4) is 0 Å². The summed E-state index contributed by atoms with van der Waals surface area (Å²) in [6.07, 6.45) is 6.08. The second-order valence-corrected chi connectivity index (χ2v) is 7.66. The van der Waals surface area contributed by atoms with E-state index >= 15 is 0 Å². The van der Waals surface area contributed by atoms with E-state index in [0.29, 0.717) is 17.0 Å². The number of para-hydroxylation sites is 1. The Morgan fingerprint density at radius 3 is 2.45 bits per heavy atom. The molecule has 1 heterocycles. The summed E-state index contributed by atoms with van der Waals surface area (Å²) in [5.41, 5.74) is 0.254. The molecule has 1 aromatic heterocycles. The molecule has 7 nitrogen and oxygen atoms in total. The largest absolute Gasteiger partial charge is 0.481 e. The van der Waals surface area contributed by atoms with Crippen molar-refractivity contribution < 1.29 is 23.9 Å². The lowest BCUT2D eigenvalue weighted by Gasteiger charge is -2.35. The molecule has 0 aliphatic heterocycles. The first-order valence-corrected chi connectivity index (χ1v) is 9.89. The van der Waals surface area contributed by atoms with Crippen molar-refractivity contribution in [3.05, 3.63) is 54.0 Å². The summed E-state index contributed by atoms with van der Waals surface area (Å²) in [5, 5.41) is 14.9. The summed E-state index contributed by atoms with van der Waals surface area (Å²) in [6, 6.07) is 10.3. The number of carbonyl (C=O) groups is 3. The summed E-state index contributed by atoms with van der Waals surface area (Å²) in [4.78, 5) is 36.6. The van der Waals surface area contributed by atoms with E-state index in [1.807, 2.05) is 0 Å². The van der Waals surface area contributed by atoms with Gasteiger partial charge in [0.25, 0.3) is 5.91 Å². The topological polar surface area (TPSA) is 109 Å². The number of rotatable bonds is 8. The van der Waals surface area contributed by atoms with Crippen LogP contribution in [0.2, 0.25) is 0 Å². The van der Waals surface area contributed by atoms with Gasteiger partial charge in [0.1, 0.15) is 5.76 Å². The Kier molecular flexibility index (Phi) is 6.69. The first kappa shape index (κ1) is 20.6. The molecule has 1 aliphatic carbocycles. The van der Waals surface area contributed by atoms with Crippen LogP contribution in [0.15, 0.2) is 47.1 Å². The molecule has 7 heteroatoms. The monoisotopic (exact) mass is 398 g/mol. The van der Waals surface area contributed by atoms with Gasteiger partial charge in [-0.2, -0.15) is 0 Å². The van der Waals surface area contributed by atoms with E-state index in [2.05, 4.69) is 10.6 Å². The molecule has 0 radical (unpaired) electrons. The predicted octanol–water partition coefficient (Wildman–Crippen LogP) is 3.96. The zero-order valence-electron chi connectivity index (χ0n) is 16.3. The highest BCUT2D eigenvalue weighted by molar-refractivity contribution is 6.03. The number of nitrogens with one attached hydrogen (secondary N) is 2. The van der Waals surface area contributed by atoms with Crippen LogP contribution in [0, 0.1) is 5.41 Å². The van der Waals surface area contributed by atoms with Gasteiger partial charge in [0.2, 0.25) is 5.91 Å². The van der Waals surface area contributed by atoms with E-state index in [0.717, 1.165) is 32.1 Å². The van der Waals surface area contributed by atoms with Gasteiger partial charge in [0.15, 0.2) is 0 Å². The summed E-state index contributed by atoms with van der Waals surface area (Å²) in [5.74, 6) is -0.833. The number of furan rings is 1. The van der Waals surface area contributed by atoms with Gasteiger partial charge in [-0.15, -0.1) is 0 Å². The average Bonchev–Trinajstić information content (AvgIpc) is 3.20. The van der Waals surface area contributed by atoms with Crippen molar-refractivity contribution in [1.29, 1.82) is 0 Å². The molecule has 0 unspecified atom stereocenters. The van der Waals surface area contributed by atoms with E-state index in [9.17, 15) is 19.5 Å². The van der Waals surface area contributed by atoms with Gasteiger partial charge in [0, 0.05) is 6.42 Å². The highest BCUT2D eigenvalue weighted by Crippen LogP contribution is 2.42. The standard InChI is InChI=1S/C22H26N2O5/c25-19(13-22(14-20(26)27)10-4-1-5-11-22)24-18-9-3-2-8-17(18)21(28)23-15-16-7-6-12-29-16/h2-3,6-9,12H,1,4-5,10-11,13-15H2,(H,23,28)(H,24,25)(H,26,27). The van der Waals surface area contributed by atoms with Crippen molar-refractivity contribution in [2.75, 3.05) is 5.32 Å². The van der Waals surface area contributed by atoms with Gasteiger partial charge in [0.05, 0.1) is 30.5 Å². The first-order valence-electron chi connectivity index (χ1n) is 9.89. The number of carboxylic acids is 1. The highest BCUT2D eigenvalue weighted by Gasteiger charge is 2.36. The zero-order chi connectivity index (χ0) is 20.7. The fourth-order valence-electron chi connectivity index (χ4n) is 4.04. The maximum atomic E-state index is 12.7. The Morgan fingerprint density at radius 2 is 1.76 bits per heavy atom. The van der Waals surface area contributed by atoms with E-state index in [1.54, 1.807) is 36.4 Å². The van der Waals surface area contributed by atoms with E-state index in [1.165, 1.54) is 6.26 Å². The maximum absolute atomic E-state index is 12.7. The zero-order valence-corrected chi connectivity index (χ0v) is 16.3. The minimum atomic E-state index is -0.877. The molecule has 0 spiro atoms. The minimum absolute atomic E-state index is 0.00823. The average molecular weight is 398 g/mol. The fraction of sp³-hybridized carbons (Fsp3) is 0.409. The van der Waals surface area contributed by atoms with Crippen LogP contribution in [-0.4, -0.2) is 22.9 Å². The third kappa shape index (κ3) is 5.70. The number of hydrogen-bond acceptors (Lipinski definition) is 4. The molecular formula is C22H26N2O5. The fourth-order valence-corrected chi connectivity index (χ4v) is 4.04. The van der Waals surface area contributed by atoms with Crippen LogP contribution in [0.25, 0.3) is 0 Å². The van der Waals surface area contributed by atoms with Crippen molar-refractivity contribution in [2.45, 2.75) is 51.5 Å². The number of carbonyl (C=O) groups excluding carboxylic acids is 2. The van der Waals surface area contributed by atoms with Crippen molar-refractivity contribution >= 4 is 23.5 Å². The number of hydrogen-bond donors (Lipinski definition) is 3. The van der Waals surface area contributed by atoms with Crippen LogP contribution < -0.4 is 10.6 Å². The van der Waals surface area contributed by atoms with Gasteiger partial charge in [-0.25, -0.2) is 0 Å². The first-order chi connectivity index (χ1) is 14.0. The number of aliphatic carboxylic acids is 1. The Bertz CT molecular complexity index is 854. The normalized spacial score (nSPS) is 15.4. The van der Waals surface area contributed by atoms with Crippen molar-refractivity contribution in [3.8, 4) is 0 Å². The number of benzene rings is 1. The summed E-state index contributed by atoms with van der Waals surface area (Å²) < 4.78 is 5.21. The molecule has 3 rings (SSSR count). The summed E-state index contributed by atoms with van der Waals surface area (Å²) in [6.45, 7) is 0.246. The third-order valence-electron chi connectivity index (χ3n) is 5.43. The molecule has 2 amide bonds. The summed E-state index contributed by atoms with van der Waals surface area (Å²) >= 11 is 0. The van der Waals surface area contributed by atoms with Crippen LogP contribution in [0.4, 0.5) is 5.69 Å². The van der Waals surface area contributed by atoms with Gasteiger partial charge in [-0.05, 0) is 42.5 Å². The molecule has 0 saturated heterocycles. The molecule has 1 aliphatic rings. The molecule has 1 saturated carbocycles. The lowest BCUT2D eigenvalue weighted by atomic mass is 9.69. The van der Waals surface area contributed by atoms with Crippen molar-refractivity contribution in [1.82, 2.24) is 5.32 Å². The van der Waals surface area contributed by atoms with E-state index in [-0.39, 0.29) is 31.2 Å². The Balaban J connectivity index is 1.66. The molecule has 0 atom stereocenters. The molecule has 154 valence electrons. The van der Waals surface area contributed by atoms with Gasteiger partial charge in [-0.1, -0.05) is 31.4 Å². The van der Waals surface area contributed by atoms with Crippen LogP contribution >= 0.6 is 0 Å². The lowest BCUT2D eigenvalue weighted by Crippen LogP contribution is -2.32. The van der Waals surface area contributed by atoms with Gasteiger partial charge >= 0.3 is 5.97 Å². The molecule has 29 heavy (non-hydrogen) atoms. The Morgan fingerprint density at radius 1 is 1.00 bits per heavy atom. The van der Waals surface area contributed by atoms with E-state index in [4.69, 9.17) is 4.42 Å². The molecule has 3 N–H and O–H groups in total. The maximum Gasteiger partial charge on any atom is 0.303 e. The van der Waals surface area contributed by atoms with Gasteiger partial charge < -0.3 is 20.2 Å². The smallest absolute Gasteiger partial charge is 0.303 e. The van der Waals surface area contributed by atoms with Gasteiger partial charge in [-0.3, -0.25) is 14.4 Å². The molecular weight excluding hydrogens is 372 g/mol. The van der Waals surface area contributed by atoms with Crippen LogP contribution in [0.5, 0.6) is 0 Å². The summed E-state index contributed by atoms with van der Waals surface area (Å²) in [7, 11) is 0. The third-order valence-corrected chi connectivity index (χ3v) is 5.43. The number of amides is 2. The SMILES string of the molecule is O=C(O)CC1(CC(=O)Nc2ccccc2C(=O)NCc2ccco2)CCCCC1. The molecule has 0 bridgehead atoms. The number of anilines is 1. The van der Waals surface area contributed by atoms with Crippen LogP contribution in [-0.2, 0) is 16.1 Å². The Hall–Kier alpha value is -3.09. The highest BCUT2D eigenvalue weighted by atomic mass is 16.4. The second-order valence-electron chi connectivity index (χ2n) is 7.66. The number of carboxylic acid groups (broad SMARTS) is 1. The van der Waals surface area contributed by atoms with Crippen LogP contribution in [0.1, 0.15) is 61.1 Å². The minimum Gasteiger partial charge on any atom is -0.481 e.